The highest BCUT2D eigenvalue weighted by atomic mass is 31.2. The molecule has 0 rings (SSSR count). The van der Waals surface area contributed by atoms with E-state index in [-0.39, 0.29) is 0 Å². The van der Waals surface area contributed by atoms with E-state index in [0.717, 1.165) is 6.08 Å². The Bertz CT molecular complexity index is 300. The number of hydrogen-bond acceptors (Lipinski definition) is 4. The van der Waals surface area contributed by atoms with Crippen molar-refractivity contribution in [2.45, 2.75) is 6.92 Å². The highest BCUT2D eigenvalue weighted by Gasteiger charge is 2.34. The molecule has 0 aromatic heterocycles. The first kappa shape index (κ1) is 12.4. The van der Waals surface area contributed by atoms with Gasteiger partial charge in [-0.1, -0.05) is 6.08 Å². The monoisotopic (exact) mass is 229 g/mol. The normalized spacial score (nSPS) is 13.8. The molecular weight excluding hydrogens is 222 g/mol. The quantitative estimate of drug-likeness (QED) is 0.468. The van der Waals surface area contributed by atoms with E-state index in [1.807, 2.05) is 0 Å². The van der Waals surface area contributed by atoms with Crippen molar-refractivity contribution < 1.29 is 33.1 Å². The molecule has 0 amide bonds. The van der Waals surface area contributed by atoms with Gasteiger partial charge in [-0.2, -0.15) is 4.52 Å². The Labute approximate surface area is 74.1 Å². The summed E-state index contributed by atoms with van der Waals surface area (Å²) >= 11 is 0. The zero-order valence-corrected chi connectivity index (χ0v) is 8.24. The van der Waals surface area contributed by atoms with E-state index in [0.29, 0.717) is 0 Å². The summed E-state index contributed by atoms with van der Waals surface area (Å²) in [6.45, 7) is 1.19. The number of hydrogen-bond donors (Lipinski definition) is 3. The van der Waals surface area contributed by atoms with Crippen LogP contribution in [0.25, 0.3) is 0 Å². The molecule has 0 aromatic carbocycles. The van der Waals surface area contributed by atoms with Gasteiger partial charge in [0.2, 0.25) is 0 Å². The van der Waals surface area contributed by atoms with Crippen LogP contribution in [0.5, 0.6) is 0 Å². The molecule has 3 N–H and O–H groups in total. The van der Waals surface area contributed by atoms with Crippen molar-refractivity contribution >= 4 is 21.8 Å². The van der Waals surface area contributed by atoms with Crippen molar-refractivity contribution in [3.8, 4) is 0 Å². The minimum Gasteiger partial charge on any atom is -0.321 e. The van der Waals surface area contributed by atoms with Gasteiger partial charge < -0.3 is 9.79 Å². The lowest BCUT2D eigenvalue weighted by Crippen LogP contribution is -2.03. The third-order valence-electron chi connectivity index (χ3n) is 0.957. The predicted molar refractivity (Wildman–Crippen MR) is 41.7 cm³/mol. The second kappa shape index (κ2) is 4.60. The number of allylic oxidation sites excluding steroid dienone is 1. The zero-order valence-electron chi connectivity index (χ0n) is 6.45. The maximum absolute atomic E-state index is 10.7. The van der Waals surface area contributed by atoms with Gasteiger partial charge >= 0.3 is 21.8 Å². The van der Waals surface area contributed by atoms with Crippen LogP contribution in [0.15, 0.2) is 11.4 Å². The minimum absolute atomic E-state index is 0.821. The minimum atomic E-state index is -4.74. The summed E-state index contributed by atoms with van der Waals surface area (Å²) in [6.07, 6.45) is 0.821. The first-order valence-electron chi connectivity index (χ1n) is 2.90. The first-order chi connectivity index (χ1) is 5.79. The Morgan fingerprint density at radius 3 is 2.23 bits per heavy atom. The molecule has 0 heterocycles. The second-order valence-corrected chi connectivity index (χ2v) is 4.06. The number of carbonyl (C=O) groups excluding carboxylic acids is 1. The van der Waals surface area contributed by atoms with E-state index in [2.05, 4.69) is 4.52 Å². The Hall–Kier alpha value is -0.580. The highest BCUT2D eigenvalue weighted by Crippen LogP contribution is 2.46. The maximum atomic E-state index is 10.7. The fraction of sp³-hybridized carbons (Fsp3) is 0.250. The molecule has 0 aliphatic rings. The average Bonchev–Trinajstić information content (AvgIpc) is 1.82. The predicted octanol–water partition coefficient (Wildman–Crippen LogP) is 0.261. The molecule has 1 atom stereocenters. The summed E-state index contributed by atoms with van der Waals surface area (Å²) in [5.74, 6) is -1.50. The van der Waals surface area contributed by atoms with Crippen LogP contribution in [0.1, 0.15) is 6.92 Å². The van der Waals surface area contributed by atoms with Crippen LogP contribution >= 0.6 is 15.9 Å². The molecule has 1 unspecified atom stereocenters. The van der Waals surface area contributed by atoms with Crippen LogP contribution in [0, 0.1) is 0 Å². The zero-order chi connectivity index (χ0) is 10.6. The summed E-state index contributed by atoms with van der Waals surface area (Å²) < 4.78 is 24.2. The van der Waals surface area contributed by atoms with E-state index in [1.165, 1.54) is 6.92 Å². The Balaban J connectivity index is 4.74. The lowest BCUT2D eigenvalue weighted by molar-refractivity contribution is -0.129. The molecule has 7 nitrogen and oxygen atoms in total. The van der Waals surface area contributed by atoms with Crippen molar-refractivity contribution in [3.63, 3.8) is 0 Å². The second-order valence-electron chi connectivity index (χ2n) is 1.83. The van der Waals surface area contributed by atoms with Crippen LogP contribution in [0.4, 0.5) is 0 Å². The molecule has 74 valence electrons. The summed E-state index contributed by atoms with van der Waals surface area (Å²) in [6, 6.07) is 0. The van der Waals surface area contributed by atoms with E-state index < -0.39 is 27.1 Å². The molecule has 0 aromatic rings. The van der Waals surface area contributed by atoms with Gasteiger partial charge in [0.05, 0.1) is 0 Å². The highest BCUT2D eigenvalue weighted by molar-refractivity contribution is 7.58. The lowest BCUT2D eigenvalue weighted by Gasteiger charge is -2.01. The van der Waals surface area contributed by atoms with Crippen LogP contribution in [-0.4, -0.2) is 20.6 Å². The Kier molecular flexibility index (Phi) is 4.39. The van der Waals surface area contributed by atoms with Crippen LogP contribution in [0.2, 0.25) is 0 Å². The fourth-order valence-corrected chi connectivity index (χ4v) is 1.45. The van der Waals surface area contributed by atoms with Crippen LogP contribution < -0.4 is 0 Å². The smallest absolute Gasteiger partial charge is 0.321 e. The number of rotatable bonds is 3. The van der Waals surface area contributed by atoms with Gasteiger partial charge in [-0.25, -0.2) is 4.79 Å². The average molecular weight is 229 g/mol. The summed E-state index contributed by atoms with van der Waals surface area (Å²) in [5, 5.41) is -0.940. The van der Waals surface area contributed by atoms with Gasteiger partial charge in [0.25, 0.3) is 0 Å². The van der Waals surface area contributed by atoms with Crippen molar-refractivity contribution in [2.24, 2.45) is 0 Å². The molecule has 9 heteroatoms. The van der Waals surface area contributed by atoms with Gasteiger partial charge in [-0.05, 0) is 6.92 Å². The van der Waals surface area contributed by atoms with Gasteiger partial charge in [0.1, 0.15) is 5.31 Å². The molecule has 0 saturated carbocycles. The largest absolute Gasteiger partial charge is 0.750 e. The van der Waals surface area contributed by atoms with Crippen LogP contribution in [-0.2, 0) is 18.4 Å². The van der Waals surface area contributed by atoms with E-state index in [1.54, 1.807) is 0 Å². The lowest BCUT2D eigenvalue weighted by atomic mass is 10.5. The molecular formula is C4H7O7P2+. The van der Waals surface area contributed by atoms with E-state index >= 15 is 0 Å². The summed E-state index contributed by atoms with van der Waals surface area (Å²) in [4.78, 5) is 35.9. The number of carbonyl (C=O) groups is 1. The van der Waals surface area contributed by atoms with Gasteiger partial charge in [0, 0.05) is 4.57 Å². The van der Waals surface area contributed by atoms with Gasteiger partial charge in [-0.15, -0.1) is 4.89 Å². The molecule has 0 fully saturated rings. The van der Waals surface area contributed by atoms with Gasteiger partial charge in [-0.3, -0.25) is 4.57 Å². The molecule has 0 saturated heterocycles. The van der Waals surface area contributed by atoms with Crippen molar-refractivity contribution in [2.75, 3.05) is 0 Å². The standard InChI is InChI=1S/C4H6O7P2/c1-2-3(13(8,9)10)4(5)11-12(6)7/h2H,1H3,(H2-,6,7,8,9,10)/p+1. The van der Waals surface area contributed by atoms with Gasteiger partial charge in [0.15, 0.2) is 0 Å². The summed E-state index contributed by atoms with van der Waals surface area (Å²) in [5.41, 5.74) is 0. The molecule has 0 radical (unpaired) electrons. The molecule has 0 aliphatic heterocycles. The van der Waals surface area contributed by atoms with E-state index in [9.17, 15) is 13.9 Å². The molecule has 0 bridgehead atoms. The first-order valence-corrected chi connectivity index (χ1v) is 5.64. The molecule has 0 spiro atoms. The third kappa shape index (κ3) is 4.26. The Morgan fingerprint density at radius 1 is 1.54 bits per heavy atom. The van der Waals surface area contributed by atoms with E-state index in [4.69, 9.17) is 14.7 Å². The SMILES string of the molecule is CC=C(C(=O)O[P+](=O)O)P(=O)(O)O. The van der Waals surface area contributed by atoms with Crippen molar-refractivity contribution in [1.82, 2.24) is 0 Å². The Morgan fingerprint density at radius 2 is 2.00 bits per heavy atom. The van der Waals surface area contributed by atoms with Crippen molar-refractivity contribution in [3.05, 3.63) is 11.4 Å². The van der Waals surface area contributed by atoms with Crippen LogP contribution in [0.3, 0.4) is 0 Å². The fourth-order valence-electron chi connectivity index (χ4n) is 0.523. The summed E-state index contributed by atoms with van der Waals surface area (Å²) in [7, 11) is -7.95. The topological polar surface area (TPSA) is 121 Å². The molecule has 13 heavy (non-hydrogen) atoms. The molecule has 0 aliphatic carbocycles. The maximum Gasteiger partial charge on any atom is 0.750 e. The van der Waals surface area contributed by atoms with Crippen molar-refractivity contribution in [1.29, 1.82) is 0 Å². The third-order valence-corrected chi connectivity index (χ3v) is 2.35.